The fourth-order valence-electron chi connectivity index (χ4n) is 2.49. The first-order valence-electron chi connectivity index (χ1n) is 6.54. The van der Waals surface area contributed by atoms with Crippen molar-refractivity contribution in [2.75, 3.05) is 13.7 Å². The first-order valence-corrected chi connectivity index (χ1v) is 6.54. The average molecular weight is 228 g/mol. The molecule has 0 aliphatic heterocycles. The largest absolute Gasteiger partial charge is 0.381 e. The number of hydrogen-bond donors (Lipinski definition) is 2. The molecule has 3 unspecified atom stereocenters. The third kappa shape index (κ3) is 3.19. The molecule has 0 amide bonds. The normalized spacial score (nSPS) is 29.8. The van der Waals surface area contributed by atoms with Gasteiger partial charge in [-0.05, 0) is 12.8 Å². The van der Waals surface area contributed by atoms with Crippen LogP contribution in [0.2, 0.25) is 0 Å². The molecule has 0 aromatic rings. The fraction of sp³-hybridized carbons (Fsp3) is 1.00. The van der Waals surface area contributed by atoms with E-state index in [0.717, 1.165) is 19.4 Å². The van der Waals surface area contributed by atoms with Crippen LogP contribution >= 0.6 is 0 Å². The van der Waals surface area contributed by atoms with Gasteiger partial charge in [-0.3, -0.25) is 0 Å². The van der Waals surface area contributed by atoms with Crippen molar-refractivity contribution >= 4 is 0 Å². The number of rotatable bonds is 7. The topological polar surface area (TPSA) is 47.3 Å². The second kappa shape index (κ2) is 5.99. The minimum Gasteiger partial charge on any atom is -0.381 e. The molecule has 1 fully saturated rings. The third-order valence-electron chi connectivity index (χ3n) is 4.02. The quantitative estimate of drug-likeness (QED) is 0.700. The molecule has 0 radical (unpaired) electrons. The fourth-order valence-corrected chi connectivity index (χ4v) is 2.49. The summed E-state index contributed by atoms with van der Waals surface area (Å²) in [4.78, 5) is 0. The van der Waals surface area contributed by atoms with Crippen molar-refractivity contribution in [1.29, 1.82) is 0 Å². The van der Waals surface area contributed by atoms with Crippen LogP contribution < -0.4 is 11.1 Å². The molecule has 0 bridgehead atoms. The summed E-state index contributed by atoms with van der Waals surface area (Å²) in [5, 5.41) is 3.58. The van der Waals surface area contributed by atoms with Crippen LogP contribution in [-0.4, -0.2) is 31.8 Å². The van der Waals surface area contributed by atoms with Crippen molar-refractivity contribution in [2.24, 2.45) is 11.1 Å². The van der Waals surface area contributed by atoms with E-state index in [2.05, 4.69) is 26.1 Å². The van der Waals surface area contributed by atoms with Crippen LogP contribution in [0.25, 0.3) is 0 Å². The number of ether oxygens (including phenoxy) is 1. The summed E-state index contributed by atoms with van der Waals surface area (Å²) in [7, 11) is 1.80. The van der Waals surface area contributed by atoms with E-state index in [9.17, 15) is 0 Å². The van der Waals surface area contributed by atoms with Crippen LogP contribution in [0.3, 0.4) is 0 Å². The molecule has 3 heteroatoms. The predicted molar refractivity (Wildman–Crippen MR) is 68.5 cm³/mol. The maximum atomic E-state index is 6.05. The number of unbranched alkanes of at least 4 members (excludes halogenated alkanes) is 1. The summed E-state index contributed by atoms with van der Waals surface area (Å²) in [6.45, 7) is 7.67. The summed E-state index contributed by atoms with van der Waals surface area (Å²) in [5.41, 5.74) is 6.30. The van der Waals surface area contributed by atoms with E-state index in [0.29, 0.717) is 18.2 Å². The molecule has 3 N–H and O–H groups in total. The Hall–Kier alpha value is -0.120. The van der Waals surface area contributed by atoms with Gasteiger partial charge in [-0.25, -0.2) is 0 Å². The Morgan fingerprint density at radius 2 is 2.19 bits per heavy atom. The molecule has 0 heterocycles. The molecular formula is C13H28N2O. The van der Waals surface area contributed by atoms with E-state index in [1.165, 1.54) is 12.8 Å². The van der Waals surface area contributed by atoms with Crippen LogP contribution in [0.4, 0.5) is 0 Å². The lowest BCUT2D eigenvalue weighted by atomic mass is 9.64. The minimum atomic E-state index is 0.249. The monoisotopic (exact) mass is 228 g/mol. The second-order valence-electron chi connectivity index (χ2n) is 5.64. The van der Waals surface area contributed by atoms with Crippen LogP contribution in [0, 0.1) is 5.41 Å². The minimum absolute atomic E-state index is 0.249. The van der Waals surface area contributed by atoms with E-state index in [1.54, 1.807) is 7.11 Å². The molecule has 1 aliphatic carbocycles. The van der Waals surface area contributed by atoms with Crippen molar-refractivity contribution in [3.8, 4) is 0 Å². The van der Waals surface area contributed by atoms with Crippen molar-refractivity contribution in [3.63, 3.8) is 0 Å². The van der Waals surface area contributed by atoms with E-state index in [1.807, 2.05) is 0 Å². The molecule has 3 nitrogen and oxygen atoms in total. The molecule has 1 saturated carbocycles. The molecule has 1 rings (SSSR count). The molecule has 0 saturated heterocycles. The van der Waals surface area contributed by atoms with Gasteiger partial charge in [0.2, 0.25) is 0 Å². The van der Waals surface area contributed by atoms with Gasteiger partial charge in [-0.1, -0.05) is 33.6 Å². The predicted octanol–water partition coefficient (Wildman–Crippen LogP) is 1.91. The SMILES string of the molecule is CCCCC(N)CNC1CC(OC)C1(C)C. The molecule has 16 heavy (non-hydrogen) atoms. The molecule has 0 spiro atoms. The second-order valence-corrected chi connectivity index (χ2v) is 5.64. The van der Waals surface area contributed by atoms with E-state index < -0.39 is 0 Å². The first-order chi connectivity index (χ1) is 7.52. The van der Waals surface area contributed by atoms with Crippen molar-refractivity contribution < 1.29 is 4.74 Å². The standard InChI is InChI=1S/C13H28N2O/c1-5-6-7-10(14)9-15-11-8-12(16-4)13(11,2)3/h10-12,15H,5-9,14H2,1-4H3. The zero-order valence-electron chi connectivity index (χ0n) is 11.3. The highest BCUT2D eigenvalue weighted by Crippen LogP contribution is 2.42. The lowest BCUT2D eigenvalue weighted by Gasteiger charge is -2.51. The van der Waals surface area contributed by atoms with Gasteiger partial charge in [0.25, 0.3) is 0 Å². The smallest absolute Gasteiger partial charge is 0.0652 e. The Labute approximate surface area is 100 Å². The van der Waals surface area contributed by atoms with Crippen LogP contribution in [-0.2, 0) is 4.74 Å². The third-order valence-corrected chi connectivity index (χ3v) is 4.02. The highest BCUT2D eigenvalue weighted by Gasteiger charge is 2.48. The summed E-state index contributed by atoms with van der Waals surface area (Å²) >= 11 is 0. The zero-order chi connectivity index (χ0) is 12.2. The Morgan fingerprint density at radius 1 is 1.50 bits per heavy atom. The number of nitrogens with one attached hydrogen (secondary N) is 1. The molecular weight excluding hydrogens is 200 g/mol. The summed E-state index contributed by atoms with van der Waals surface area (Å²) < 4.78 is 5.43. The van der Waals surface area contributed by atoms with Crippen LogP contribution in [0.5, 0.6) is 0 Å². The number of methoxy groups -OCH3 is 1. The van der Waals surface area contributed by atoms with Gasteiger partial charge in [0.15, 0.2) is 0 Å². The maximum absolute atomic E-state index is 6.05. The first kappa shape index (κ1) is 13.9. The van der Waals surface area contributed by atoms with Crippen LogP contribution in [0.15, 0.2) is 0 Å². The van der Waals surface area contributed by atoms with E-state index >= 15 is 0 Å². The summed E-state index contributed by atoms with van der Waals surface area (Å²) in [6, 6.07) is 0.863. The zero-order valence-corrected chi connectivity index (χ0v) is 11.3. The Bertz CT molecular complexity index is 206. The number of hydrogen-bond acceptors (Lipinski definition) is 3. The summed E-state index contributed by atoms with van der Waals surface area (Å²) in [5.74, 6) is 0. The van der Waals surface area contributed by atoms with E-state index in [4.69, 9.17) is 10.5 Å². The highest BCUT2D eigenvalue weighted by molar-refractivity contribution is 5.02. The highest BCUT2D eigenvalue weighted by atomic mass is 16.5. The Balaban J connectivity index is 2.20. The van der Waals surface area contributed by atoms with Gasteiger partial charge in [0.1, 0.15) is 0 Å². The van der Waals surface area contributed by atoms with Crippen molar-refractivity contribution in [2.45, 2.75) is 64.6 Å². The molecule has 1 aliphatic rings. The van der Waals surface area contributed by atoms with Crippen molar-refractivity contribution in [1.82, 2.24) is 5.32 Å². The Kier molecular flexibility index (Phi) is 5.22. The van der Waals surface area contributed by atoms with Gasteiger partial charge >= 0.3 is 0 Å². The van der Waals surface area contributed by atoms with Crippen LogP contribution in [0.1, 0.15) is 46.5 Å². The number of nitrogens with two attached hydrogens (primary N) is 1. The van der Waals surface area contributed by atoms with Gasteiger partial charge in [0.05, 0.1) is 6.10 Å². The maximum Gasteiger partial charge on any atom is 0.0652 e. The lowest BCUT2D eigenvalue weighted by Crippen LogP contribution is -2.61. The van der Waals surface area contributed by atoms with Gasteiger partial charge in [-0.2, -0.15) is 0 Å². The van der Waals surface area contributed by atoms with Gasteiger partial charge in [-0.15, -0.1) is 0 Å². The van der Waals surface area contributed by atoms with Crippen molar-refractivity contribution in [3.05, 3.63) is 0 Å². The molecule has 0 aromatic carbocycles. The molecule has 0 aromatic heterocycles. The average Bonchev–Trinajstić information content (AvgIpc) is 2.25. The van der Waals surface area contributed by atoms with E-state index in [-0.39, 0.29) is 5.41 Å². The van der Waals surface area contributed by atoms with Gasteiger partial charge < -0.3 is 15.8 Å². The molecule has 3 atom stereocenters. The van der Waals surface area contributed by atoms with Gasteiger partial charge in [0, 0.05) is 31.2 Å². The summed E-state index contributed by atoms with van der Waals surface area (Å²) in [6.07, 6.45) is 5.11. The Morgan fingerprint density at radius 3 is 2.69 bits per heavy atom. The lowest BCUT2D eigenvalue weighted by molar-refractivity contribution is -0.0975. The molecule has 96 valence electrons.